The fourth-order valence-electron chi connectivity index (χ4n) is 3.12. The Morgan fingerprint density at radius 2 is 2.18 bits per heavy atom. The first-order valence-corrected chi connectivity index (χ1v) is 8.19. The minimum absolute atomic E-state index is 0.129. The zero-order valence-corrected chi connectivity index (χ0v) is 13.5. The highest BCUT2D eigenvalue weighted by molar-refractivity contribution is 6.34. The van der Waals surface area contributed by atoms with Gasteiger partial charge in [0.05, 0.1) is 5.02 Å². The van der Waals surface area contributed by atoms with Crippen LogP contribution in [0, 0.1) is 0 Å². The molecular formula is C17H20ClN3O. The Morgan fingerprint density at radius 1 is 1.36 bits per heavy atom. The average molecular weight is 318 g/mol. The summed E-state index contributed by atoms with van der Waals surface area (Å²) in [4.78, 5) is 17.1. The van der Waals surface area contributed by atoms with Gasteiger partial charge in [-0.1, -0.05) is 30.7 Å². The molecule has 1 aromatic carbocycles. The second-order valence-electron chi connectivity index (χ2n) is 5.63. The Balaban J connectivity index is 1.95. The average Bonchev–Trinajstić information content (AvgIpc) is 3.04. The third kappa shape index (κ3) is 2.75. The molecule has 0 spiro atoms. The van der Waals surface area contributed by atoms with Crippen molar-refractivity contribution in [3.05, 3.63) is 53.1 Å². The van der Waals surface area contributed by atoms with Crippen molar-refractivity contribution >= 4 is 17.4 Å². The van der Waals surface area contributed by atoms with Crippen molar-refractivity contribution in [3.8, 4) is 0 Å². The van der Waals surface area contributed by atoms with Crippen molar-refractivity contribution in [2.75, 3.05) is 11.6 Å². The standard InChI is InChI=1S/C17H20ClN3O/c1-2-13-7-5-6-11-20(13)21-12-10-19-17(21)16(22)14-8-3-4-9-15(14)18/h3-4,8-10,12-13H,2,5-7,11H2,1H3. The summed E-state index contributed by atoms with van der Waals surface area (Å²) in [5.41, 5.74) is 0.502. The highest BCUT2D eigenvalue weighted by Crippen LogP contribution is 2.22. The van der Waals surface area contributed by atoms with Crippen molar-refractivity contribution in [2.24, 2.45) is 0 Å². The molecule has 3 rings (SSSR count). The first kappa shape index (κ1) is 15.1. The van der Waals surface area contributed by atoms with Gasteiger partial charge < -0.3 is 5.01 Å². The maximum Gasteiger partial charge on any atom is 0.231 e. The SMILES string of the molecule is CCC1CCCCN1n1ccnc1C(=O)c1ccccc1Cl. The van der Waals surface area contributed by atoms with Crippen molar-refractivity contribution < 1.29 is 4.79 Å². The topological polar surface area (TPSA) is 38.1 Å². The predicted octanol–water partition coefficient (Wildman–Crippen LogP) is 3.67. The summed E-state index contributed by atoms with van der Waals surface area (Å²) in [6, 6.07) is 7.58. The van der Waals surface area contributed by atoms with Crippen LogP contribution < -0.4 is 5.01 Å². The second-order valence-corrected chi connectivity index (χ2v) is 6.03. The maximum absolute atomic E-state index is 12.8. The van der Waals surface area contributed by atoms with Crippen molar-refractivity contribution in [3.63, 3.8) is 0 Å². The summed E-state index contributed by atoms with van der Waals surface area (Å²) < 4.78 is 1.92. The van der Waals surface area contributed by atoms with Gasteiger partial charge in [-0.05, 0) is 37.8 Å². The highest BCUT2D eigenvalue weighted by Gasteiger charge is 2.26. The number of hydrogen-bond acceptors (Lipinski definition) is 3. The number of benzene rings is 1. The summed E-state index contributed by atoms with van der Waals surface area (Å²) in [5, 5.41) is 2.73. The third-order valence-electron chi connectivity index (χ3n) is 4.29. The van der Waals surface area contributed by atoms with Crippen molar-refractivity contribution in [1.29, 1.82) is 0 Å². The number of aromatic nitrogens is 2. The van der Waals surface area contributed by atoms with Gasteiger partial charge in [-0.3, -0.25) is 4.79 Å². The van der Waals surface area contributed by atoms with E-state index in [-0.39, 0.29) is 5.78 Å². The summed E-state index contributed by atoms with van der Waals surface area (Å²) in [5.74, 6) is 0.310. The number of rotatable bonds is 4. The molecule has 116 valence electrons. The molecule has 0 bridgehead atoms. The summed E-state index contributed by atoms with van der Waals surface area (Å²) in [6.07, 6.45) is 8.18. The zero-order valence-electron chi connectivity index (χ0n) is 12.7. The largest absolute Gasteiger partial charge is 0.308 e. The minimum atomic E-state index is -0.129. The molecule has 1 atom stereocenters. The molecule has 0 radical (unpaired) electrons. The van der Waals surface area contributed by atoms with Gasteiger partial charge in [-0.25, -0.2) is 9.66 Å². The monoisotopic (exact) mass is 317 g/mol. The first-order chi connectivity index (χ1) is 10.7. The molecule has 2 heterocycles. The van der Waals surface area contributed by atoms with Gasteiger partial charge in [0.25, 0.3) is 0 Å². The summed E-state index contributed by atoms with van der Waals surface area (Å²) >= 11 is 6.16. The van der Waals surface area contributed by atoms with E-state index in [0.717, 1.165) is 25.8 Å². The molecule has 1 aliphatic rings. The van der Waals surface area contributed by atoms with Gasteiger partial charge in [0.1, 0.15) is 0 Å². The lowest BCUT2D eigenvalue weighted by molar-refractivity contribution is 0.102. The minimum Gasteiger partial charge on any atom is -0.308 e. The number of ketones is 1. The van der Waals surface area contributed by atoms with Crippen LogP contribution in [-0.4, -0.2) is 28.0 Å². The van der Waals surface area contributed by atoms with E-state index in [2.05, 4.69) is 16.9 Å². The number of piperidine rings is 1. The second kappa shape index (κ2) is 6.53. The molecule has 4 nitrogen and oxygen atoms in total. The van der Waals surface area contributed by atoms with E-state index in [0.29, 0.717) is 22.5 Å². The lowest BCUT2D eigenvalue weighted by atomic mass is 10.0. The quantitative estimate of drug-likeness (QED) is 0.808. The summed E-state index contributed by atoms with van der Waals surface area (Å²) in [7, 11) is 0. The Morgan fingerprint density at radius 3 is 2.95 bits per heavy atom. The fraction of sp³-hybridized carbons (Fsp3) is 0.412. The molecule has 1 fully saturated rings. The Kier molecular flexibility index (Phi) is 4.48. The van der Waals surface area contributed by atoms with Crippen LogP contribution in [0.25, 0.3) is 0 Å². The molecule has 1 aromatic heterocycles. The van der Waals surface area contributed by atoms with E-state index in [9.17, 15) is 4.79 Å². The molecule has 0 N–H and O–H groups in total. The molecule has 1 aliphatic heterocycles. The highest BCUT2D eigenvalue weighted by atomic mass is 35.5. The maximum atomic E-state index is 12.8. The normalized spacial score (nSPS) is 18.5. The van der Waals surface area contributed by atoms with E-state index in [1.165, 1.54) is 6.42 Å². The number of imidazole rings is 1. The van der Waals surface area contributed by atoms with Gasteiger partial charge in [-0.2, -0.15) is 0 Å². The van der Waals surface area contributed by atoms with Crippen LogP contribution in [0.3, 0.4) is 0 Å². The Labute approximate surface area is 135 Å². The van der Waals surface area contributed by atoms with E-state index in [1.807, 2.05) is 23.0 Å². The van der Waals surface area contributed by atoms with Crippen LogP contribution in [0.4, 0.5) is 0 Å². The molecule has 0 saturated carbocycles. The lowest BCUT2D eigenvalue weighted by Crippen LogP contribution is -2.47. The molecular weight excluding hydrogens is 298 g/mol. The van der Waals surface area contributed by atoms with Gasteiger partial charge >= 0.3 is 0 Å². The van der Waals surface area contributed by atoms with Gasteiger partial charge in [-0.15, -0.1) is 0 Å². The van der Waals surface area contributed by atoms with Crippen LogP contribution in [0.5, 0.6) is 0 Å². The smallest absolute Gasteiger partial charge is 0.231 e. The molecule has 5 heteroatoms. The number of carbonyl (C=O) groups excluding carboxylic acids is 1. The van der Waals surface area contributed by atoms with E-state index in [1.54, 1.807) is 18.3 Å². The van der Waals surface area contributed by atoms with Crippen LogP contribution >= 0.6 is 11.6 Å². The van der Waals surface area contributed by atoms with Crippen LogP contribution in [0.1, 0.15) is 48.8 Å². The van der Waals surface area contributed by atoms with Crippen molar-refractivity contribution in [2.45, 2.75) is 38.6 Å². The third-order valence-corrected chi connectivity index (χ3v) is 4.62. The lowest BCUT2D eigenvalue weighted by Gasteiger charge is -2.38. The van der Waals surface area contributed by atoms with E-state index in [4.69, 9.17) is 11.6 Å². The Hall–Kier alpha value is -1.81. The van der Waals surface area contributed by atoms with Gasteiger partial charge in [0, 0.05) is 30.5 Å². The number of hydrogen-bond donors (Lipinski definition) is 0. The molecule has 1 saturated heterocycles. The molecule has 0 aliphatic carbocycles. The predicted molar refractivity (Wildman–Crippen MR) is 88.1 cm³/mol. The molecule has 0 amide bonds. The van der Waals surface area contributed by atoms with Gasteiger partial charge in [0.15, 0.2) is 0 Å². The zero-order chi connectivity index (χ0) is 15.5. The van der Waals surface area contributed by atoms with Crippen LogP contribution in [-0.2, 0) is 0 Å². The Bertz CT molecular complexity index is 667. The number of carbonyl (C=O) groups is 1. The van der Waals surface area contributed by atoms with Crippen molar-refractivity contribution in [1.82, 2.24) is 9.66 Å². The summed E-state index contributed by atoms with van der Waals surface area (Å²) in [6.45, 7) is 3.15. The van der Waals surface area contributed by atoms with Gasteiger partial charge in [0.2, 0.25) is 11.6 Å². The van der Waals surface area contributed by atoms with E-state index < -0.39 is 0 Å². The van der Waals surface area contributed by atoms with E-state index >= 15 is 0 Å². The van der Waals surface area contributed by atoms with Crippen LogP contribution in [0.2, 0.25) is 5.02 Å². The first-order valence-electron chi connectivity index (χ1n) is 7.82. The number of halogens is 1. The molecule has 1 unspecified atom stereocenters. The fourth-order valence-corrected chi connectivity index (χ4v) is 3.34. The number of nitrogens with zero attached hydrogens (tertiary/aromatic N) is 3. The molecule has 22 heavy (non-hydrogen) atoms. The molecule has 2 aromatic rings. The van der Waals surface area contributed by atoms with Crippen LogP contribution in [0.15, 0.2) is 36.7 Å².